The molecule has 0 spiro atoms. The normalized spacial score (nSPS) is 35.8. The quantitative estimate of drug-likeness (QED) is 0.0655. The van der Waals surface area contributed by atoms with Crippen LogP contribution in [0.5, 0.6) is 0 Å². The minimum Gasteiger partial charge on any atom is -0.328 e. The van der Waals surface area contributed by atoms with E-state index in [0.717, 1.165) is 78.9 Å². The van der Waals surface area contributed by atoms with Gasteiger partial charge in [-0.3, -0.25) is 9.39 Å². The second-order valence-electron chi connectivity index (χ2n) is 16.5. The summed E-state index contributed by atoms with van der Waals surface area (Å²) in [6, 6.07) is 0. The standard InChI is InChI=1S/C35H64N2O4S/c1-26(2)11-8-12-27(3)31-15-16-32-30-14-13-28-25-29(17-19-34(28,4)33(30)18-20-35(31,32)5)41-36-21-9-22-37(6,7)23-10-24-42(38,39)40/h13,26-27,29-33,36H,8-12,14-25H2,1-7H3/p+1/t27-,29+,30+,31-,32+,33+,34+,35-/m1/s1. The molecule has 0 saturated heterocycles. The van der Waals surface area contributed by atoms with Crippen molar-refractivity contribution in [2.45, 2.75) is 124 Å². The number of hydroxylamine groups is 1. The van der Waals surface area contributed by atoms with Crippen LogP contribution in [0.1, 0.15) is 118 Å². The number of rotatable bonds is 15. The number of nitrogens with zero attached hydrogens (tertiary/aromatic N) is 1. The van der Waals surface area contributed by atoms with Crippen LogP contribution in [-0.4, -0.2) is 63.0 Å². The van der Waals surface area contributed by atoms with E-state index in [-0.39, 0.29) is 11.9 Å². The van der Waals surface area contributed by atoms with Crippen molar-refractivity contribution in [2.24, 2.45) is 46.3 Å². The van der Waals surface area contributed by atoms with E-state index < -0.39 is 10.1 Å². The first-order valence-corrected chi connectivity index (χ1v) is 19.1. The minimum absolute atomic E-state index is 0.160. The van der Waals surface area contributed by atoms with Gasteiger partial charge in [-0.25, -0.2) is 5.48 Å². The van der Waals surface area contributed by atoms with E-state index in [1.165, 1.54) is 57.8 Å². The van der Waals surface area contributed by atoms with Crippen molar-refractivity contribution in [3.8, 4) is 0 Å². The molecule has 0 radical (unpaired) electrons. The summed E-state index contributed by atoms with van der Waals surface area (Å²) in [6.07, 6.45) is 19.1. The fraction of sp³-hybridized carbons (Fsp3) is 0.943. The van der Waals surface area contributed by atoms with Gasteiger partial charge >= 0.3 is 0 Å². The molecule has 42 heavy (non-hydrogen) atoms. The molecule has 4 rings (SSSR count). The highest BCUT2D eigenvalue weighted by Crippen LogP contribution is 2.67. The van der Waals surface area contributed by atoms with E-state index in [0.29, 0.717) is 17.3 Å². The highest BCUT2D eigenvalue weighted by molar-refractivity contribution is 7.85. The average molecular weight is 610 g/mol. The fourth-order valence-corrected chi connectivity index (χ4v) is 10.8. The van der Waals surface area contributed by atoms with Crippen molar-refractivity contribution in [3.63, 3.8) is 0 Å². The first-order chi connectivity index (χ1) is 19.6. The Morgan fingerprint density at radius 1 is 1.00 bits per heavy atom. The van der Waals surface area contributed by atoms with Gasteiger partial charge in [0.1, 0.15) is 0 Å². The van der Waals surface area contributed by atoms with Crippen LogP contribution in [0.3, 0.4) is 0 Å². The first kappa shape index (κ1) is 34.4. The number of allylic oxidation sites excluding steroid dienone is 1. The predicted octanol–water partition coefficient (Wildman–Crippen LogP) is 7.66. The van der Waals surface area contributed by atoms with E-state index in [1.807, 2.05) is 0 Å². The lowest BCUT2D eigenvalue weighted by Crippen LogP contribution is -2.51. The zero-order chi connectivity index (χ0) is 30.8. The molecule has 4 aliphatic rings. The van der Waals surface area contributed by atoms with E-state index in [2.05, 4.69) is 60.3 Å². The molecule has 0 aromatic heterocycles. The Morgan fingerprint density at radius 3 is 2.45 bits per heavy atom. The maximum Gasteiger partial charge on any atom is 0.265 e. The Kier molecular flexibility index (Phi) is 11.4. The summed E-state index contributed by atoms with van der Waals surface area (Å²) in [7, 11) is 0.357. The lowest BCUT2D eigenvalue weighted by molar-refractivity contribution is -0.890. The second kappa shape index (κ2) is 13.9. The van der Waals surface area contributed by atoms with Gasteiger partial charge in [-0.1, -0.05) is 65.5 Å². The highest BCUT2D eigenvalue weighted by atomic mass is 32.2. The zero-order valence-electron chi connectivity index (χ0n) is 28.2. The number of hydrogen-bond donors (Lipinski definition) is 2. The van der Waals surface area contributed by atoms with E-state index in [4.69, 9.17) is 9.39 Å². The lowest BCUT2D eigenvalue weighted by atomic mass is 9.47. The van der Waals surface area contributed by atoms with Crippen LogP contribution < -0.4 is 5.48 Å². The molecule has 3 fully saturated rings. The Balaban J connectivity index is 1.24. The van der Waals surface area contributed by atoms with Gasteiger partial charge in [0, 0.05) is 19.4 Å². The molecule has 2 N–H and O–H groups in total. The molecule has 8 atom stereocenters. The van der Waals surface area contributed by atoms with Crippen molar-refractivity contribution < 1.29 is 22.3 Å². The summed E-state index contributed by atoms with van der Waals surface area (Å²) in [4.78, 5) is 6.22. The van der Waals surface area contributed by atoms with Gasteiger partial charge in [-0.15, -0.1) is 0 Å². The smallest absolute Gasteiger partial charge is 0.265 e. The highest BCUT2D eigenvalue weighted by Gasteiger charge is 2.59. The van der Waals surface area contributed by atoms with E-state index >= 15 is 0 Å². The van der Waals surface area contributed by atoms with Gasteiger partial charge in [0.25, 0.3) is 10.1 Å². The summed E-state index contributed by atoms with van der Waals surface area (Å²) in [5, 5.41) is 0. The van der Waals surface area contributed by atoms with Gasteiger partial charge in [0.05, 0.1) is 39.0 Å². The third kappa shape index (κ3) is 8.21. The molecular weight excluding hydrogens is 544 g/mol. The molecule has 0 bridgehead atoms. The Morgan fingerprint density at radius 2 is 1.74 bits per heavy atom. The van der Waals surface area contributed by atoms with Crippen molar-refractivity contribution >= 4 is 10.1 Å². The SMILES string of the molecule is CC(C)CCC[C@@H](C)[C@H]1CC[C@H]2[C@@H]3CC=C4C[C@@H](ONCCC[N+](C)(C)CCCS(=O)(=O)O)CC[C@]4(C)[C@H]3CC[C@]12C. The molecule has 0 heterocycles. The van der Waals surface area contributed by atoms with Gasteiger partial charge in [-0.2, -0.15) is 8.42 Å². The maximum atomic E-state index is 11.0. The molecular formula is C35H65N2O4S+. The Hall–Kier alpha value is -0.470. The third-order valence-electron chi connectivity index (χ3n) is 12.7. The molecule has 0 aliphatic heterocycles. The topological polar surface area (TPSA) is 75.6 Å². The molecule has 0 aromatic carbocycles. The monoisotopic (exact) mass is 609 g/mol. The van der Waals surface area contributed by atoms with E-state index in [1.54, 1.807) is 5.57 Å². The van der Waals surface area contributed by atoms with Crippen LogP contribution in [0.25, 0.3) is 0 Å². The molecule has 244 valence electrons. The fourth-order valence-electron chi connectivity index (χ4n) is 10.3. The second-order valence-corrected chi connectivity index (χ2v) is 18.1. The van der Waals surface area contributed by atoms with Crippen molar-refractivity contribution in [3.05, 3.63) is 11.6 Å². The number of nitrogens with one attached hydrogen (secondary N) is 1. The molecule has 0 aromatic rings. The summed E-state index contributed by atoms with van der Waals surface area (Å²) in [5.41, 5.74) is 5.86. The van der Waals surface area contributed by atoms with Gasteiger partial charge in [0.15, 0.2) is 0 Å². The van der Waals surface area contributed by atoms with Gasteiger partial charge in [0.2, 0.25) is 0 Å². The van der Waals surface area contributed by atoms with Crippen molar-refractivity contribution in [1.82, 2.24) is 5.48 Å². The predicted molar refractivity (Wildman–Crippen MR) is 173 cm³/mol. The summed E-state index contributed by atoms with van der Waals surface area (Å²) < 4.78 is 31.7. The summed E-state index contributed by atoms with van der Waals surface area (Å²) in [6.45, 7) is 15.1. The van der Waals surface area contributed by atoms with Crippen LogP contribution in [0.2, 0.25) is 0 Å². The number of hydrogen-bond acceptors (Lipinski definition) is 4. The van der Waals surface area contributed by atoms with E-state index in [9.17, 15) is 8.42 Å². The largest absolute Gasteiger partial charge is 0.328 e. The molecule has 3 saturated carbocycles. The van der Waals surface area contributed by atoms with Crippen LogP contribution in [0.15, 0.2) is 11.6 Å². The number of quaternary nitrogens is 1. The van der Waals surface area contributed by atoms with Gasteiger partial charge in [-0.05, 0) is 97.7 Å². The summed E-state index contributed by atoms with van der Waals surface area (Å²) >= 11 is 0. The lowest BCUT2D eigenvalue weighted by Gasteiger charge is -2.58. The Labute approximate surface area is 259 Å². The molecule has 0 unspecified atom stereocenters. The van der Waals surface area contributed by atoms with Crippen molar-refractivity contribution in [1.29, 1.82) is 0 Å². The summed E-state index contributed by atoms with van der Waals surface area (Å²) in [5.74, 6) is 5.10. The van der Waals surface area contributed by atoms with Crippen LogP contribution >= 0.6 is 0 Å². The molecule has 6 nitrogen and oxygen atoms in total. The molecule has 7 heteroatoms. The number of fused-ring (bicyclic) bond motifs is 5. The van der Waals surface area contributed by atoms with Crippen LogP contribution in [0.4, 0.5) is 0 Å². The minimum atomic E-state index is -3.87. The van der Waals surface area contributed by atoms with Crippen LogP contribution in [0, 0.1) is 46.3 Å². The van der Waals surface area contributed by atoms with Gasteiger partial charge < -0.3 is 4.48 Å². The first-order valence-electron chi connectivity index (χ1n) is 17.5. The van der Waals surface area contributed by atoms with Crippen LogP contribution in [-0.2, 0) is 15.0 Å². The average Bonchev–Trinajstić information content (AvgIpc) is 3.24. The van der Waals surface area contributed by atoms with Crippen molar-refractivity contribution in [2.75, 3.05) is 39.5 Å². The Bertz CT molecular complexity index is 1030. The zero-order valence-corrected chi connectivity index (χ0v) is 29.0. The third-order valence-corrected chi connectivity index (χ3v) is 13.5. The maximum absolute atomic E-state index is 11.0. The molecule has 4 aliphatic carbocycles. The molecule has 0 amide bonds.